The lowest BCUT2D eigenvalue weighted by atomic mass is 9.56. The first-order valence-corrected chi connectivity index (χ1v) is 6.75. The van der Waals surface area contributed by atoms with Crippen molar-refractivity contribution in [2.45, 2.75) is 58.5 Å². The van der Waals surface area contributed by atoms with Crippen LogP contribution in [-0.4, -0.2) is 16.5 Å². The van der Waals surface area contributed by atoms with Crippen LogP contribution in [0.3, 0.4) is 0 Å². The third-order valence-corrected chi connectivity index (χ3v) is 5.56. The minimum Gasteiger partial charge on any atom is -0.389 e. The molecule has 4 atom stereocenters. The average Bonchev–Trinajstić information content (AvgIpc) is 2.53. The minimum atomic E-state index is -0.625. The number of allylic oxidation sites excluding steroid dienone is 1. The SMILES string of the molecule is C=C(C)C(=O)[C@H]1CC[C@]2(O)CCC[C@H](C)[C@@]12C. The maximum atomic E-state index is 12.3. The first kappa shape index (κ1) is 12.8. The molecule has 0 aliphatic heterocycles. The van der Waals surface area contributed by atoms with Crippen LogP contribution in [0.4, 0.5) is 0 Å². The van der Waals surface area contributed by atoms with Gasteiger partial charge in [0.25, 0.3) is 0 Å². The fraction of sp³-hybridized carbons (Fsp3) is 0.800. The van der Waals surface area contributed by atoms with Gasteiger partial charge in [-0.25, -0.2) is 0 Å². The molecule has 0 radical (unpaired) electrons. The Labute approximate surface area is 104 Å². The average molecular weight is 236 g/mol. The predicted octanol–water partition coefficient (Wildman–Crippen LogP) is 3.10. The van der Waals surface area contributed by atoms with E-state index in [-0.39, 0.29) is 17.1 Å². The number of ketones is 1. The summed E-state index contributed by atoms with van der Waals surface area (Å²) >= 11 is 0. The number of Topliss-reactive ketones (excluding diaryl/α,β-unsaturated/α-hetero) is 1. The summed E-state index contributed by atoms with van der Waals surface area (Å²) in [6.07, 6.45) is 4.66. The summed E-state index contributed by atoms with van der Waals surface area (Å²) in [5.74, 6) is 0.550. The second kappa shape index (κ2) is 3.94. The smallest absolute Gasteiger partial charge is 0.161 e. The molecule has 96 valence electrons. The van der Waals surface area contributed by atoms with Gasteiger partial charge < -0.3 is 5.11 Å². The molecule has 2 rings (SSSR count). The lowest BCUT2D eigenvalue weighted by Gasteiger charge is -2.50. The van der Waals surface area contributed by atoms with Gasteiger partial charge in [0, 0.05) is 11.3 Å². The Balaban J connectivity index is 2.38. The zero-order chi connectivity index (χ0) is 12.8. The number of fused-ring (bicyclic) bond motifs is 1. The lowest BCUT2D eigenvalue weighted by Crippen LogP contribution is -2.53. The summed E-state index contributed by atoms with van der Waals surface area (Å²) in [4.78, 5) is 12.3. The monoisotopic (exact) mass is 236 g/mol. The summed E-state index contributed by atoms with van der Waals surface area (Å²) in [6, 6.07) is 0. The highest BCUT2D eigenvalue weighted by molar-refractivity contribution is 5.97. The van der Waals surface area contributed by atoms with Gasteiger partial charge in [0.2, 0.25) is 0 Å². The van der Waals surface area contributed by atoms with E-state index in [9.17, 15) is 9.90 Å². The van der Waals surface area contributed by atoms with Gasteiger partial charge in [-0.1, -0.05) is 26.8 Å². The van der Waals surface area contributed by atoms with Gasteiger partial charge in [-0.2, -0.15) is 0 Å². The maximum absolute atomic E-state index is 12.3. The van der Waals surface area contributed by atoms with E-state index in [4.69, 9.17) is 0 Å². The van der Waals surface area contributed by atoms with Crippen molar-refractivity contribution < 1.29 is 9.90 Å². The Hall–Kier alpha value is -0.630. The number of hydrogen-bond donors (Lipinski definition) is 1. The molecule has 1 N–H and O–H groups in total. The molecular formula is C15H24O2. The van der Waals surface area contributed by atoms with Crippen LogP contribution in [0, 0.1) is 17.3 Å². The molecule has 2 nitrogen and oxygen atoms in total. The molecule has 0 unspecified atom stereocenters. The Kier molecular flexibility index (Phi) is 2.97. The molecular weight excluding hydrogens is 212 g/mol. The van der Waals surface area contributed by atoms with E-state index in [2.05, 4.69) is 20.4 Å². The molecule has 0 heterocycles. The molecule has 2 saturated carbocycles. The minimum absolute atomic E-state index is 0.0275. The van der Waals surface area contributed by atoms with E-state index in [1.54, 1.807) is 6.92 Å². The summed E-state index contributed by atoms with van der Waals surface area (Å²) in [6.45, 7) is 9.88. The largest absolute Gasteiger partial charge is 0.389 e. The standard InChI is InChI=1S/C15H24O2/c1-10(2)13(16)12-7-9-15(17)8-5-6-11(3)14(12,15)4/h11-12,17H,1,5-9H2,2-4H3/t11-,12+,14-,15+/m0/s1. The Morgan fingerprint density at radius 1 is 1.35 bits per heavy atom. The number of carbonyl (C=O) groups is 1. The molecule has 2 aliphatic carbocycles. The number of hydrogen-bond acceptors (Lipinski definition) is 2. The van der Waals surface area contributed by atoms with E-state index in [1.165, 1.54) is 0 Å². The number of rotatable bonds is 2. The first-order chi connectivity index (χ1) is 7.83. The topological polar surface area (TPSA) is 37.3 Å². The third-order valence-electron chi connectivity index (χ3n) is 5.56. The van der Waals surface area contributed by atoms with E-state index in [1.807, 2.05) is 0 Å². The van der Waals surface area contributed by atoms with E-state index in [0.29, 0.717) is 11.5 Å². The predicted molar refractivity (Wildman–Crippen MR) is 68.6 cm³/mol. The van der Waals surface area contributed by atoms with Crippen LogP contribution in [-0.2, 0) is 4.79 Å². The van der Waals surface area contributed by atoms with Crippen molar-refractivity contribution in [3.05, 3.63) is 12.2 Å². The van der Waals surface area contributed by atoms with Gasteiger partial charge in [0.15, 0.2) is 5.78 Å². The summed E-state index contributed by atoms with van der Waals surface area (Å²) < 4.78 is 0. The summed E-state index contributed by atoms with van der Waals surface area (Å²) in [5.41, 5.74) is -0.236. The second-order valence-corrected chi connectivity index (χ2v) is 6.34. The Morgan fingerprint density at radius 3 is 2.59 bits per heavy atom. The molecule has 0 aromatic carbocycles. The molecule has 0 spiro atoms. The zero-order valence-electron chi connectivity index (χ0n) is 11.3. The molecule has 0 bridgehead atoms. The quantitative estimate of drug-likeness (QED) is 0.748. The van der Waals surface area contributed by atoms with Crippen LogP contribution >= 0.6 is 0 Å². The van der Waals surface area contributed by atoms with Gasteiger partial charge >= 0.3 is 0 Å². The molecule has 0 saturated heterocycles. The van der Waals surface area contributed by atoms with Crippen molar-refractivity contribution in [2.24, 2.45) is 17.3 Å². The van der Waals surface area contributed by atoms with Crippen molar-refractivity contribution in [3.63, 3.8) is 0 Å². The van der Waals surface area contributed by atoms with Gasteiger partial charge in [-0.05, 0) is 44.1 Å². The first-order valence-electron chi connectivity index (χ1n) is 6.75. The molecule has 0 aromatic heterocycles. The van der Waals surface area contributed by atoms with Crippen LogP contribution in [0.15, 0.2) is 12.2 Å². The highest BCUT2D eigenvalue weighted by Crippen LogP contribution is 2.60. The van der Waals surface area contributed by atoms with Crippen LogP contribution < -0.4 is 0 Å². The molecule has 0 aromatic rings. The second-order valence-electron chi connectivity index (χ2n) is 6.34. The van der Waals surface area contributed by atoms with Crippen LogP contribution in [0.2, 0.25) is 0 Å². The Bertz CT molecular complexity index is 360. The fourth-order valence-electron chi connectivity index (χ4n) is 4.17. The molecule has 17 heavy (non-hydrogen) atoms. The van der Waals surface area contributed by atoms with Crippen LogP contribution in [0.25, 0.3) is 0 Å². The van der Waals surface area contributed by atoms with Crippen molar-refractivity contribution in [1.82, 2.24) is 0 Å². The highest BCUT2D eigenvalue weighted by Gasteiger charge is 2.61. The number of aliphatic hydroxyl groups is 1. The van der Waals surface area contributed by atoms with E-state index >= 15 is 0 Å². The molecule has 0 amide bonds. The number of carbonyl (C=O) groups excluding carboxylic acids is 1. The van der Waals surface area contributed by atoms with Gasteiger partial charge in [0.1, 0.15) is 0 Å². The van der Waals surface area contributed by atoms with Crippen molar-refractivity contribution in [1.29, 1.82) is 0 Å². The molecule has 2 aliphatic rings. The normalized spacial score (nSPS) is 45.4. The van der Waals surface area contributed by atoms with Crippen molar-refractivity contribution >= 4 is 5.78 Å². The van der Waals surface area contributed by atoms with E-state index in [0.717, 1.165) is 32.1 Å². The van der Waals surface area contributed by atoms with Crippen LogP contribution in [0.1, 0.15) is 52.9 Å². The fourth-order valence-corrected chi connectivity index (χ4v) is 4.17. The lowest BCUT2D eigenvalue weighted by molar-refractivity contribution is -0.145. The maximum Gasteiger partial charge on any atom is 0.161 e. The van der Waals surface area contributed by atoms with Gasteiger partial charge in [-0.3, -0.25) is 4.79 Å². The van der Waals surface area contributed by atoms with Crippen molar-refractivity contribution in [2.75, 3.05) is 0 Å². The summed E-state index contributed by atoms with van der Waals surface area (Å²) in [7, 11) is 0. The highest BCUT2D eigenvalue weighted by atomic mass is 16.3. The van der Waals surface area contributed by atoms with Gasteiger partial charge in [0.05, 0.1) is 5.60 Å². The zero-order valence-corrected chi connectivity index (χ0v) is 11.3. The summed E-state index contributed by atoms with van der Waals surface area (Å²) in [5, 5.41) is 10.9. The molecule has 2 heteroatoms. The Morgan fingerprint density at radius 2 is 2.00 bits per heavy atom. The van der Waals surface area contributed by atoms with Gasteiger partial charge in [-0.15, -0.1) is 0 Å². The third kappa shape index (κ3) is 1.61. The van der Waals surface area contributed by atoms with E-state index < -0.39 is 5.60 Å². The molecule has 2 fully saturated rings. The van der Waals surface area contributed by atoms with Crippen LogP contribution in [0.5, 0.6) is 0 Å². The van der Waals surface area contributed by atoms with Crippen molar-refractivity contribution in [3.8, 4) is 0 Å².